The van der Waals surface area contributed by atoms with Crippen molar-refractivity contribution in [3.05, 3.63) is 63.4 Å². The van der Waals surface area contributed by atoms with Crippen molar-refractivity contribution in [1.29, 1.82) is 0 Å². The Kier molecular flexibility index (Phi) is 6.81. The minimum atomic E-state index is -0.566. The van der Waals surface area contributed by atoms with Crippen LogP contribution in [-0.2, 0) is 22.3 Å². The highest BCUT2D eigenvalue weighted by molar-refractivity contribution is 9.10. The molecule has 0 N–H and O–H groups in total. The maximum atomic E-state index is 12.9. The fourth-order valence-corrected chi connectivity index (χ4v) is 4.17. The van der Waals surface area contributed by atoms with Gasteiger partial charge in [0.05, 0.1) is 18.7 Å². The van der Waals surface area contributed by atoms with Crippen molar-refractivity contribution in [3.8, 4) is 0 Å². The molecule has 6 nitrogen and oxygen atoms in total. The number of halogens is 1. The van der Waals surface area contributed by atoms with Crippen molar-refractivity contribution in [2.45, 2.75) is 51.7 Å². The molecule has 1 atom stereocenters. The van der Waals surface area contributed by atoms with Crippen LogP contribution in [0, 0.1) is 0 Å². The summed E-state index contributed by atoms with van der Waals surface area (Å²) in [6.07, 6.45) is 4.94. The van der Waals surface area contributed by atoms with E-state index in [1.807, 2.05) is 26.8 Å². The van der Waals surface area contributed by atoms with Gasteiger partial charge in [0.1, 0.15) is 5.60 Å². The lowest BCUT2D eigenvalue weighted by Crippen LogP contribution is -2.43. The normalized spacial score (nSPS) is 16.0. The number of methoxy groups -OCH3 is 1. The van der Waals surface area contributed by atoms with Crippen LogP contribution in [-0.4, -0.2) is 41.2 Å². The molecule has 7 heteroatoms. The molecular weight excluding hydrogens is 448 g/mol. The molecule has 1 aliphatic rings. The Morgan fingerprint density at radius 3 is 2.73 bits per heavy atom. The first-order valence-electron chi connectivity index (χ1n) is 9.99. The first-order valence-corrected chi connectivity index (χ1v) is 10.8. The number of hydrogen-bond acceptors (Lipinski definition) is 5. The Bertz CT molecular complexity index is 939. The molecule has 1 aromatic heterocycles. The van der Waals surface area contributed by atoms with Crippen LogP contribution < -0.4 is 0 Å². The zero-order chi connectivity index (χ0) is 21.9. The lowest BCUT2D eigenvalue weighted by atomic mass is 9.89. The number of amides is 1. The maximum absolute atomic E-state index is 12.9. The van der Waals surface area contributed by atoms with Gasteiger partial charge in [0.2, 0.25) is 0 Å². The SMILES string of the molecule is COC(=O)c1ccncc1CC[C@H]1c2ccc(Br)cc2CCN1C(=O)OC(C)(C)C. The molecule has 2 heterocycles. The number of rotatable bonds is 4. The standard InChI is InChI=1S/C23H27BrN2O4/c1-23(2,3)30-22(28)26-12-10-15-13-17(24)6-7-18(15)20(26)8-5-16-14-25-11-9-19(16)21(27)29-4/h6-7,9,11,13-14,20H,5,8,10,12H2,1-4H3/t20-/m0/s1. The van der Waals surface area contributed by atoms with Crippen LogP contribution in [0.15, 0.2) is 41.1 Å². The van der Waals surface area contributed by atoms with E-state index in [1.54, 1.807) is 23.4 Å². The van der Waals surface area contributed by atoms with Gasteiger partial charge in [-0.15, -0.1) is 0 Å². The number of esters is 1. The number of carbonyl (C=O) groups is 2. The van der Waals surface area contributed by atoms with E-state index in [-0.39, 0.29) is 18.1 Å². The third-order valence-corrected chi connectivity index (χ3v) is 5.58. The summed E-state index contributed by atoms with van der Waals surface area (Å²) in [5, 5.41) is 0. The highest BCUT2D eigenvalue weighted by Gasteiger charge is 2.33. The topological polar surface area (TPSA) is 68.7 Å². The van der Waals surface area contributed by atoms with E-state index < -0.39 is 5.60 Å². The minimum Gasteiger partial charge on any atom is -0.465 e. The number of pyridine rings is 1. The number of benzene rings is 1. The van der Waals surface area contributed by atoms with Gasteiger partial charge in [0.15, 0.2) is 0 Å². The van der Waals surface area contributed by atoms with Gasteiger partial charge in [-0.3, -0.25) is 4.98 Å². The summed E-state index contributed by atoms with van der Waals surface area (Å²) in [7, 11) is 1.37. The van der Waals surface area contributed by atoms with E-state index in [1.165, 1.54) is 12.7 Å². The Labute approximate surface area is 185 Å². The summed E-state index contributed by atoms with van der Waals surface area (Å²) in [6.45, 7) is 6.19. The third-order valence-electron chi connectivity index (χ3n) is 5.09. The fourth-order valence-electron chi connectivity index (χ4n) is 3.76. The van der Waals surface area contributed by atoms with Gasteiger partial charge >= 0.3 is 12.1 Å². The maximum Gasteiger partial charge on any atom is 0.410 e. The van der Waals surface area contributed by atoms with E-state index in [9.17, 15) is 9.59 Å². The molecular formula is C23H27BrN2O4. The van der Waals surface area contributed by atoms with E-state index in [4.69, 9.17) is 9.47 Å². The molecule has 1 aliphatic heterocycles. The average molecular weight is 475 g/mol. The van der Waals surface area contributed by atoms with E-state index in [0.29, 0.717) is 24.9 Å². The van der Waals surface area contributed by atoms with Crippen molar-refractivity contribution < 1.29 is 19.1 Å². The number of aromatic nitrogens is 1. The van der Waals surface area contributed by atoms with Crippen molar-refractivity contribution in [2.75, 3.05) is 13.7 Å². The van der Waals surface area contributed by atoms with Crippen LogP contribution in [0.2, 0.25) is 0 Å². The van der Waals surface area contributed by atoms with E-state index >= 15 is 0 Å². The lowest BCUT2D eigenvalue weighted by molar-refractivity contribution is 0.0132. The molecule has 0 saturated carbocycles. The van der Waals surface area contributed by atoms with Gasteiger partial charge < -0.3 is 14.4 Å². The quantitative estimate of drug-likeness (QED) is 0.576. The van der Waals surface area contributed by atoms with Gasteiger partial charge in [-0.1, -0.05) is 22.0 Å². The molecule has 3 rings (SSSR count). The molecule has 1 amide bonds. The lowest BCUT2D eigenvalue weighted by Gasteiger charge is -2.38. The molecule has 0 fully saturated rings. The van der Waals surface area contributed by atoms with Gasteiger partial charge in [-0.25, -0.2) is 9.59 Å². The molecule has 160 valence electrons. The molecule has 0 aliphatic carbocycles. The number of carbonyl (C=O) groups excluding carboxylic acids is 2. The van der Waals surface area contributed by atoms with Crippen LogP contribution in [0.1, 0.15) is 60.3 Å². The molecule has 2 aromatic rings. The summed E-state index contributed by atoms with van der Waals surface area (Å²) < 4.78 is 11.6. The second kappa shape index (κ2) is 9.16. The monoisotopic (exact) mass is 474 g/mol. The van der Waals surface area contributed by atoms with Gasteiger partial charge in [0, 0.05) is 23.4 Å². The molecule has 30 heavy (non-hydrogen) atoms. The zero-order valence-corrected chi connectivity index (χ0v) is 19.4. The van der Waals surface area contributed by atoms with Crippen molar-refractivity contribution in [1.82, 2.24) is 9.88 Å². The van der Waals surface area contributed by atoms with Crippen LogP contribution in [0.5, 0.6) is 0 Å². The molecule has 0 unspecified atom stereocenters. The second-order valence-corrected chi connectivity index (χ2v) is 9.26. The van der Waals surface area contributed by atoms with E-state index in [0.717, 1.165) is 22.0 Å². The van der Waals surface area contributed by atoms with Crippen molar-refractivity contribution in [3.63, 3.8) is 0 Å². The second-order valence-electron chi connectivity index (χ2n) is 8.35. The highest BCUT2D eigenvalue weighted by Crippen LogP contribution is 2.36. The number of hydrogen-bond donors (Lipinski definition) is 0. The van der Waals surface area contributed by atoms with Crippen LogP contribution >= 0.6 is 15.9 Å². The highest BCUT2D eigenvalue weighted by atomic mass is 79.9. The largest absolute Gasteiger partial charge is 0.465 e. The Morgan fingerprint density at radius 2 is 2.03 bits per heavy atom. The molecule has 0 saturated heterocycles. The number of nitrogens with zero attached hydrogens (tertiary/aromatic N) is 2. The molecule has 0 bridgehead atoms. The first kappa shape index (κ1) is 22.3. The Balaban J connectivity index is 1.90. The van der Waals surface area contributed by atoms with Crippen LogP contribution in [0.25, 0.3) is 0 Å². The summed E-state index contributed by atoms with van der Waals surface area (Å²) in [4.78, 5) is 31.0. The van der Waals surface area contributed by atoms with Gasteiger partial charge in [-0.2, -0.15) is 0 Å². The van der Waals surface area contributed by atoms with Crippen LogP contribution in [0.3, 0.4) is 0 Å². The van der Waals surface area contributed by atoms with Crippen molar-refractivity contribution >= 4 is 28.0 Å². The fraction of sp³-hybridized carbons (Fsp3) is 0.435. The third kappa shape index (κ3) is 5.19. The number of aryl methyl sites for hydroxylation is 1. The van der Waals surface area contributed by atoms with Gasteiger partial charge in [0.25, 0.3) is 0 Å². The number of fused-ring (bicyclic) bond motifs is 1. The minimum absolute atomic E-state index is 0.151. The zero-order valence-electron chi connectivity index (χ0n) is 17.8. The molecule has 0 spiro atoms. The molecule has 1 aromatic carbocycles. The summed E-state index contributed by atoms with van der Waals surface area (Å²) in [6, 6.07) is 7.68. The smallest absolute Gasteiger partial charge is 0.410 e. The summed E-state index contributed by atoms with van der Waals surface area (Å²) in [5.41, 5.74) is 3.07. The summed E-state index contributed by atoms with van der Waals surface area (Å²) >= 11 is 3.54. The molecule has 0 radical (unpaired) electrons. The van der Waals surface area contributed by atoms with Gasteiger partial charge in [-0.05, 0) is 74.9 Å². The van der Waals surface area contributed by atoms with Crippen molar-refractivity contribution in [2.24, 2.45) is 0 Å². The average Bonchev–Trinajstić information content (AvgIpc) is 2.70. The number of ether oxygens (including phenoxy) is 2. The predicted octanol–water partition coefficient (Wildman–Crippen LogP) is 5.10. The first-order chi connectivity index (χ1) is 14.2. The van der Waals surface area contributed by atoms with Crippen LogP contribution in [0.4, 0.5) is 4.79 Å². The van der Waals surface area contributed by atoms with E-state index in [2.05, 4.69) is 33.0 Å². The predicted molar refractivity (Wildman–Crippen MR) is 117 cm³/mol. The Hall–Kier alpha value is -2.41. The Morgan fingerprint density at radius 1 is 1.27 bits per heavy atom. The summed E-state index contributed by atoms with van der Waals surface area (Å²) in [5.74, 6) is -0.385.